The number of amides is 1. The second kappa shape index (κ2) is 2.37. The van der Waals surface area contributed by atoms with Crippen molar-refractivity contribution in [2.75, 3.05) is 6.54 Å². The lowest BCUT2D eigenvalue weighted by Gasteiger charge is -2.11. The number of nitrogens with zero attached hydrogens (tertiary/aromatic N) is 2. The van der Waals surface area contributed by atoms with Gasteiger partial charge in [0.25, 0.3) is 0 Å². The molecule has 2 heterocycles. The van der Waals surface area contributed by atoms with E-state index in [-0.39, 0.29) is 0 Å². The van der Waals surface area contributed by atoms with Crippen LogP contribution < -0.4 is 10.8 Å². The maximum absolute atomic E-state index is 10.5. The minimum Gasteiger partial charge on any atom is -0.465 e. The number of carbonyl (C=O) groups is 1. The molecule has 5 heteroatoms. The fourth-order valence-corrected chi connectivity index (χ4v) is 1.03. The molecule has 2 rings (SSSR count). The zero-order valence-electron chi connectivity index (χ0n) is 6.10. The van der Waals surface area contributed by atoms with Crippen molar-refractivity contribution in [3.8, 4) is 0 Å². The molecule has 62 valence electrons. The molecule has 0 atom stereocenters. The molecular formula is C7H6N2O3. The van der Waals surface area contributed by atoms with E-state index in [0.29, 0.717) is 17.3 Å². The van der Waals surface area contributed by atoms with Crippen LogP contribution in [0.4, 0.5) is 4.79 Å². The van der Waals surface area contributed by atoms with Gasteiger partial charge in [0, 0.05) is 6.20 Å². The van der Waals surface area contributed by atoms with Crippen LogP contribution in [0.2, 0.25) is 0 Å². The average Bonchev–Trinajstić information content (AvgIpc) is 2.49. The minimum atomic E-state index is -0.986. The number of aromatic nitrogens is 1. The fraction of sp³-hybridized carbons (Fsp3) is 0.143. The Morgan fingerprint density at radius 2 is 2.58 bits per heavy atom. The van der Waals surface area contributed by atoms with Crippen LogP contribution in [-0.4, -0.2) is 27.6 Å². The molecule has 0 saturated carbocycles. The zero-order valence-corrected chi connectivity index (χ0v) is 6.10. The third kappa shape index (κ3) is 0.952. The van der Waals surface area contributed by atoms with E-state index < -0.39 is 6.09 Å². The number of oxazole rings is 1. The standard InChI is InChI=1S/C7H6N2O3/c10-7(11)9-2-1-6-5(3-9)8-4-12-6/h1,3-4H,2H2,(H,10,11). The molecule has 1 aliphatic heterocycles. The van der Waals surface area contributed by atoms with Gasteiger partial charge in [0.1, 0.15) is 5.35 Å². The van der Waals surface area contributed by atoms with Gasteiger partial charge in [0.05, 0.1) is 6.54 Å². The quantitative estimate of drug-likeness (QED) is 0.547. The maximum atomic E-state index is 10.5. The SMILES string of the molecule is O=C(O)N1C=c2ncoc2=CC1. The molecule has 1 N–H and O–H groups in total. The Balaban J connectivity index is 2.52. The summed E-state index contributed by atoms with van der Waals surface area (Å²) in [5, 5.41) is 9.18. The van der Waals surface area contributed by atoms with E-state index in [0.717, 1.165) is 4.90 Å². The van der Waals surface area contributed by atoms with Gasteiger partial charge < -0.3 is 9.52 Å². The highest BCUT2D eigenvalue weighted by Crippen LogP contribution is 1.92. The second-order valence-electron chi connectivity index (χ2n) is 2.37. The number of fused-ring (bicyclic) bond motifs is 1. The van der Waals surface area contributed by atoms with E-state index in [4.69, 9.17) is 9.52 Å². The van der Waals surface area contributed by atoms with Crippen molar-refractivity contribution in [1.82, 2.24) is 9.88 Å². The third-order valence-corrected chi connectivity index (χ3v) is 1.62. The van der Waals surface area contributed by atoms with Crippen molar-refractivity contribution in [1.29, 1.82) is 0 Å². The fourth-order valence-electron chi connectivity index (χ4n) is 1.03. The van der Waals surface area contributed by atoms with E-state index in [1.165, 1.54) is 12.6 Å². The molecule has 0 aliphatic carbocycles. The Morgan fingerprint density at radius 3 is 3.33 bits per heavy atom. The van der Waals surface area contributed by atoms with Crippen molar-refractivity contribution in [3.63, 3.8) is 0 Å². The van der Waals surface area contributed by atoms with Crippen LogP contribution >= 0.6 is 0 Å². The lowest BCUT2D eigenvalue weighted by Crippen LogP contribution is -2.36. The summed E-state index contributed by atoms with van der Waals surface area (Å²) in [7, 11) is 0. The maximum Gasteiger partial charge on any atom is 0.411 e. The van der Waals surface area contributed by atoms with Crippen LogP contribution in [0.5, 0.6) is 0 Å². The Hall–Kier alpha value is -1.78. The minimum absolute atomic E-state index is 0.317. The molecule has 1 aromatic rings. The van der Waals surface area contributed by atoms with Crippen molar-refractivity contribution in [2.24, 2.45) is 0 Å². The molecule has 0 unspecified atom stereocenters. The van der Waals surface area contributed by atoms with Crippen LogP contribution in [-0.2, 0) is 0 Å². The monoisotopic (exact) mass is 166 g/mol. The normalized spacial score (nSPS) is 14.5. The van der Waals surface area contributed by atoms with E-state index in [2.05, 4.69) is 4.98 Å². The molecule has 0 fully saturated rings. The molecule has 0 saturated heterocycles. The van der Waals surface area contributed by atoms with Gasteiger partial charge in [-0.2, -0.15) is 0 Å². The van der Waals surface area contributed by atoms with E-state index in [1.54, 1.807) is 6.08 Å². The molecule has 0 aromatic carbocycles. The molecular weight excluding hydrogens is 160 g/mol. The number of hydrogen-bond acceptors (Lipinski definition) is 3. The first-order valence-corrected chi connectivity index (χ1v) is 3.38. The first-order chi connectivity index (χ1) is 5.77. The highest BCUT2D eigenvalue weighted by Gasteiger charge is 2.10. The Kier molecular flexibility index (Phi) is 1.36. The van der Waals surface area contributed by atoms with Gasteiger partial charge in [0.15, 0.2) is 11.8 Å². The summed E-state index contributed by atoms with van der Waals surface area (Å²) in [6.07, 6.45) is 3.43. The lowest BCUT2D eigenvalue weighted by atomic mass is 10.4. The van der Waals surface area contributed by atoms with Crippen LogP contribution in [0, 0.1) is 0 Å². The van der Waals surface area contributed by atoms with Gasteiger partial charge in [-0.05, 0) is 6.08 Å². The highest BCUT2D eigenvalue weighted by atomic mass is 16.4. The van der Waals surface area contributed by atoms with Crippen molar-refractivity contribution >= 4 is 18.4 Å². The van der Waals surface area contributed by atoms with Gasteiger partial charge in [-0.15, -0.1) is 0 Å². The van der Waals surface area contributed by atoms with Crippen molar-refractivity contribution < 1.29 is 14.3 Å². The van der Waals surface area contributed by atoms with Crippen LogP contribution in [0.3, 0.4) is 0 Å². The van der Waals surface area contributed by atoms with Gasteiger partial charge in [-0.25, -0.2) is 9.78 Å². The zero-order chi connectivity index (χ0) is 8.55. The van der Waals surface area contributed by atoms with Crippen molar-refractivity contribution in [3.05, 3.63) is 17.2 Å². The number of carboxylic acid groups (broad SMARTS) is 1. The van der Waals surface area contributed by atoms with Crippen LogP contribution in [0.1, 0.15) is 0 Å². The summed E-state index contributed by atoms with van der Waals surface area (Å²) < 4.78 is 4.97. The molecule has 0 spiro atoms. The molecule has 1 aliphatic rings. The Bertz CT molecular complexity index is 420. The predicted molar refractivity (Wildman–Crippen MR) is 39.4 cm³/mol. The molecule has 0 radical (unpaired) electrons. The summed E-state index contributed by atoms with van der Waals surface area (Å²) in [4.78, 5) is 15.5. The molecule has 1 amide bonds. The molecule has 12 heavy (non-hydrogen) atoms. The average molecular weight is 166 g/mol. The third-order valence-electron chi connectivity index (χ3n) is 1.62. The first kappa shape index (κ1) is 6.90. The molecule has 0 bridgehead atoms. The van der Waals surface area contributed by atoms with Crippen molar-refractivity contribution in [2.45, 2.75) is 0 Å². The van der Waals surface area contributed by atoms with E-state index in [1.807, 2.05) is 0 Å². The van der Waals surface area contributed by atoms with Gasteiger partial charge in [-0.1, -0.05) is 0 Å². The second-order valence-corrected chi connectivity index (χ2v) is 2.37. The van der Waals surface area contributed by atoms with Gasteiger partial charge in [0.2, 0.25) is 0 Å². The topological polar surface area (TPSA) is 66.6 Å². The van der Waals surface area contributed by atoms with Gasteiger partial charge in [-0.3, -0.25) is 4.90 Å². The summed E-state index contributed by atoms with van der Waals surface area (Å²) in [6, 6.07) is 0. The first-order valence-electron chi connectivity index (χ1n) is 3.38. The Morgan fingerprint density at radius 1 is 1.75 bits per heavy atom. The summed E-state index contributed by atoms with van der Waals surface area (Å²) in [6.45, 7) is 0.317. The summed E-state index contributed by atoms with van der Waals surface area (Å²) >= 11 is 0. The summed E-state index contributed by atoms with van der Waals surface area (Å²) in [5.74, 6) is 0. The van der Waals surface area contributed by atoms with E-state index >= 15 is 0 Å². The molecule has 1 aromatic heterocycles. The van der Waals surface area contributed by atoms with Gasteiger partial charge >= 0.3 is 6.09 Å². The molecule has 5 nitrogen and oxygen atoms in total. The lowest BCUT2D eigenvalue weighted by molar-refractivity contribution is 0.171. The highest BCUT2D eigenvalue weighted by molar-refractivity contribution is 5.71. The smallest absolute Gasteiger partial charge is 0.411 e. The van der Waals surface area contributed by atoms with E-state index in [9.17, 15) is 4.79 Å². The van der Waals surface area contributed by atoms with Crippen LogP contribution in [0.15, 0.2) is 10.8 Å². The summed E-state index contributed by atoms with van der Waals surface area (Å²) in [5.41, 5.74) is 0.632. The largest absolute Gasteiger partial charge is 0.465 e. The number of hydrogen-bond donors (Lipinski definition) is 1. The number of rotatable bonds is 0. The Labute approximate surface area is 67.2 Å². The van der Waals surface area contributed by atoms with Crippen LogP contribution in [0.25, 0.3) is 12.3 Å². The predicted octanol–water partition coefficient (Wildman–Crippen LogP) is -0.813.